The Balaban J connectivity index is 1.95. The molecule has 3 rings (SSSR count). The molecule has 0 spiro atoms. The molecule has 0 fully saturated rings. The topological polar surface area (TPSA) is 79.4 Å². The van der Waals surface area contributed by atoms with Gasteiger partial charge in [-0.1, -0.05) is 11.6 Å². The van der Waals surface area contributed by atoms with Gasteiger partial charge in [-0.25, -0.2) is 19.0 Å². The van der Waals surface area contributed by atoms with Gasteiger partial charge < -0.3 is 5.32 Å². The molecule has 0 aliphatic rings. The zero-order valence-electron chi connectivity index (χ0n) is 11.3. The number of rotatable bonds is 4. The van der Waals surface area contributed by atoms with Gasteiger partial charge in [-0.15, -0.1) is 0 Å². The van der Waals surface area contributed by atoms with Gasteiger partial charge in [0.2, 0.25) is 0 Å². The SMILES string of the molecule is N#CCCn1ncc2c(Nc3ccc(F)c(Cl)c3)ncnc21. The molecule has 0 atom stereocenters. The molecular formula is C14H10ClFN6. The first-order chi connectivity index (χ1) is 10.7. The van der Waals surface area contributed by atoms with E-state index in [9.17, 15) is 4.39 Å². The number of benzene rings is 1. The fraction of sp³-hybridized carbons (Fsp3) is 0.143. The zero-order chi connectivity index (χ0) is 15.5. The van der Waals surface area contributed by atoms with Crippen LogP contribution in [-0.4, -0.2) is 19.7 Å². The number of hydrogen-bond donors (Lipinski definition) is 1. The van der Waals surface area contributed by atoms with E-state index in [0.717, 1.165) is 0 Å². The molecule has 0 aliphatic heterocycles. The second kappa shape index (κ2) is 5.95. The number of aromatic nitrogens is 4. The maximum atomic E-state index is 13.2. The lowest BCUT2D eigenvalue weighted by atomic mass is 10.3. The summed E-state index contributed by atoms with van der Waals surface area (Å²) in [6.45, 7) is 0.457. The summed E-state index contributed by atoms with van der Waals surface area (Å²) in [6.07, 6.45) is 3.37. The Hall–Kier alpha value is -2.72. The summed E-state index contributed by atoms with van der Waals surface area (Å²) in [5.41, 5.74) is 1.23. The Morgan fingerprint density at radius 3 is 3.00 bits per heavy atom. The smallest absolute Gasteiger partial charge is 0.163 e. The van der Waals surface area contributed by atoms with Crippen molar-refractivity contribution < 1.29 is 4.39 Å². The maximum Gasteiger partial charge on any atom is 0.163 e. The summed E-state index contributed by atoms with van der Waals surface area (Å²) in [6, 6.07) is 6.39. The van der Waals surface area contributed by atoms with Crippen molar-refractivity contribution in [3.8, 4) is 6.07 Å². The summed E-state index contributed by atoms with van der Waals surface area (Å²) in [5.74, 6) is 0.0558. The third-order valence-corrected chi connectivity index (χ3v) is 3.34. The summed E-state index contributed by atoms with van der Waals surface area (Å²) < 4.78 is 14.8. The van der Waals surface area contributed by atoms with Crippen molar-refractivity contribution in [2.75, 3.05) is 5.32 Å². The summed E-state index contributed by atoms with van der Waals surface area (Å²) in [7, 11) is 0. The second-order valence-corrected chi connectivity index (χ2v) is 4.90. The molecule has 22 heavy (non-hydrogen) atoms. The third-order valence-electron chi connectivity index (χ3n) is 3.05. The molecule has 110 valence electrons. The summed E-state index contributed by atoms with van der Waals surface area (Å²) in [4.78, 5) is 8.35. The number of nitriles is 1. The van der Waals surface area contributed by atoms with Crippen molar-refractivity contribution in [1.82, 2.24) is 19.7 Å². The maximum absolute atomic E-state index is 13.2. The van der Waals surface area contributed by atoms with E-state index < -0.39 is 5.82 Å². The lowest BCUT2D eigenvalue weighted by Crippen LogP contribution is -2.01. The highest BCUT2D eigenvalue weighted by atomic mass is 35.5. The molecule has 1 aromatic carbocycles. The Morgan fingerprint density at radius 2 is 2.23 bits per heavy atom. The second-order valence-electron chi connectivity index (χ2n) is 4.49. The van der Waals surface area contributed by atoms with Gasteiger partial charge >= 0.3 is 0 Å². The summed E-state index contributed by atoms with van der Waals surface area (Å²) in [5, 5.41) is 16.7. The van der Waals surface area contributed by atoms with Crippen molar-refractivity contribution >= 4 is 34.1 Å². The molecule has 6 nitrogen and oxygen atoms in total. The van der Waals surface area contributed by atoms with E-state index in [-0.39, 0.29) is 5.02 Å². The first-order valence-electron chi connectivity index (χ1n) is 6.44. The number of halogens is 2. The van der Waals surface area contributed by atoms with Gasteiger partial charge in [0, 0.05) is 5.69 Å². The molecule has 0 aliphatic carbocycles. The molecule has 3 aromatic rings. The minimum absolute atomic E-state index is 0.0278. The monoisotopic (exact) mass is 316 g/mol. The van der Waals surface area contributed by atoms with Crippen molar-refractivity contribution in [2.45, 2.75) is 13.0 Å². The molecule has 2 heterocycles. The van der Waals surface area contributed by atoms with Gasteiger partial charge in [0.25, 0.3) is 0 Å². The largest absolute Gasteiger partial charge is 0.339 e. The van der Waals surface area contributed by atoms with E-state index in [0.29, 0.717) is 35.5 Å². The van der Waals surface area contributed by atoms with Gasteiger partial charge in [0.1, 0.15) is 18.0 Å². The fourth-order valence-corrected chi connectivity index (χ4v) is 2.20. The van der Waals surface area contributed by atoms with Crippen LogP contribution in [0, 0.1) is 17.1 Å². The van der Waals surface area contributed by atoms with E-state index in [1.54, 1.807) is 16.9 Å². The van der Waals surface area contributed by atoms with Gasteiger partial charge in [0.05, 0.1) is 35.6 Å². The molecule has 0 unspecified atom stereocenters. The predicted molar refractivity (Wildman–Crippen MR) is 80.2 cm³/mol. The molecule has 0 saturated carbocycles. The Bertz CT molecular complexity index is 869. The van der Waals surface area contributed by atoms with Crippen LogP contribution in [0.3, 0.4) is 0 Å². The van der Waals surface area contributed by atoms with Crippen LogP contribution in [-0.2, 0) is 6.54 Å². The van der Waals surface area contributed by atoms with Gasteiger partial charge in [-0.05, 0) is 18.2 Å². The van der Waals surface area contributed by atoms with E-state index in [1.165, 1.54) is 18.5 Å². The number of fused-ring (bicyclic) bond motifs is 1. The normalized spacial score (nSPS) is 10.6. The van der Waals surface area contributed by atoms with Gasteiger partial charge in [-0.3, -0.25) is 0 Å². The van der Waals surface area contributed by atoms with E-state index in [4.69, 9.17) is 16.9 Å². The van der Waals surface area contributed by atoms with Crippen molar-refractivity contribution in [3.63, 3.8) is 0 Å². The van der Waals surface area contributed by atoms with Crippen LogP contribution in [0.2, 0.25) is 5.02 Å². The standard InChI is InChI=1S/C14H10ClFN6/c15-11-6-9(2-3-12(11)16)21-13-10-7-20-22(5-1-4-17)14(10)19-8-18-13/h2-3,6-8H,1,5H2,(H,18,19,21). The van der Waals surface area contributed by atoms with Gasteiger partial charge in [-0.2, -0.15) is 10.4 Å². The third kappa shape index (κ3) is 2.69. The lowest BCUT2D eigenvalue weighted by Gasteiger charge is -2.07. The highest BCUT2D eigenvalue weighted by molar-refractivity contribution is 6.31. The quantitative estimate of drug-likeness (QED) is 0.799. The van der Waals surface area contributed by atoms with E-state index >= 15 is 0 Å². The first kappa shape index (κ1) is 14.2. The van der Waals surface area contributed by atoms with Crippen LogP contribution in [0.5, 0.6) is 0 Å². The highest BCUT2D eigenvalue weighted by Crippen LogP contribution is 2.25. The minimum atomic E-state index is -0.482. The number of nitrogens with one attached hydrogen (secondary N) is 1. The Morgan fingerprint density at radius 1 is 1.36 bits per heavy atom. The highest BCUT2D eigenvalue weighted by Gasteiger charge is 2.10. The van der Waals surface area contributed by atoms with Crippen LogP contribution in [0.15, 0.2) is 30.7 Å². The Labute approximate surface area is 130 Å². The number of nitrogens with zero attached hydrogens (tertiary/aromatic N) is 5. The fourth-order valence-electron chi connectivity index (χ4n) is 2.02. The minimum Gasteiger partial charge on any atom is -0.339 e. The zero-order valence-corrected chi connectivity index (χ0v) is 12.0. The predicted octanol–water partition coefficient (Wildman–Crippen LogP) is 3.28. The number of hydrogen-bond acceptors (Lipinski definition) is 5. The number of aryl methyl sites for hydroxylation is 1. The molecule has 0 saturated heterocycles. The van der Waals surface area contributed by atoms with Crippen LogP contribution in [0.25, 0.3) is 11.0 Å². The molecule has 1 N–H and O–H groups in total. The van der Waals surface area contributed by atoms with Crippen LogP contribution < -0.4 is 5.32 Å². The molecule has 2 aromatic heterocycles. The van der Waals surface area contributed by atoms with Crippen molar-refractivity contribution in [3.05, 3.63) is 41.6 Å². The molecule has 0 radical (unpaired) electrons. The molecular weight excluding hydrogens is 307 g/mol. The molecule has 8 heteroatoms. The van der Waals surface area contributed by atoms with E-state index in [2.05, 4.69) is 26.5 Å². The van der Waals surface area contributed by atoms with Crippen LogP contribution in [0.4, 0.5) is 15.9 Å². The van der Waals surface area contributed by atoms with Crippen LogP contribution in [0.1, 0.15) is 6.42 Å². The average Bonchev–Trinajstić information content (AvgIpc) is 2.93. The summed E-state index contributed by atoms with van der Waals surface area (Å²) >= 11 is 5.76. The molecule has 0 bridgehead atoms. The van der Waals surface area contributed by atoms with Crippen molar-refractivity contribution in [2.24, 2.45) is 0 Å². The van der Waals surface area contributed by atoms with Crippen LogP contribution >= 0.6 is 11.6 Å². The molecule has 0 amide bonds. The average molecular weight is 317 g/mol. The Kier molecular flexibility index (Phi) is 3.85. The van der Waals surface area contributed by atoms with E-state index in [1.807, 2.05) is 0 Å². The van der Waals surface area contributed by atoms with Gasteiger partial charge in [0.15, 0.2) is 5.65 Å². The lowest BCUT2D eigenvalue weighted by molar-refractivity contribution is 0.628. The van der Waals surface area contributed by atoms with Crippen molar-refractivity contribution in [1.29, 1.82) is 5.26 Å². The first-order valence-corrected chi connectivity index (χ1v) is 6.82. The number of anilines is 2.